The van der Waals surface area contributed by atoms with E-state index >= 15 is 0 Å². The van der Waals surface area contributed by atoms with E-state index in [-0.39, 0.29) is 17.9 Å². The van der Waals surface area contributed by atoms with E-state index in [1.165, 1.54) is 19.3 Å². The molecule has 1 aromatic carbocycles. The number of rotatable bonds is 3. The molecule has 1 aromatic rings. The summed E-state index contributed by atoms with van der Waals surface area (Å²) < 4.78 is 0. The topological polar surface area (TPSA) is 55.1 Å². The Labute approximate surface area is 109 Å². The summed E-state index contributed by atoms with van der Waals surface area (Å²) in [5, 5.41) is 3.01. The first-order valence-electron chi connectivity index (χ1n) is 6.83. The molecule has 3 N–H and O–H groups in total. The van der Waals surface area contributed by atoms with E-state index in [9.17, 15) is 4.79 Å². The maximum absolute atomic E-state index is 12.1. The highest BCUT2D eigenvalue weighted by molar-refractivity contribution is 5.92. The maximum atomic E-state index is 12.1. The summed E-state index contributed by atoms with van der Waals surface area (Å²) in [4.78, 5) is 12.1. The molecule has 18 heavy (non-hydrogen) atoms. The summed E-state index contributed by atoms with van der Waals surface area (Å²) in [6, 6.07) is 7.81. The van der Waals surface area contributed by atoms with Crippen LogP contribution < -0.4 is 11.1 Å². The molecule has 1 saturated carbocycles. The number of nitrogens with two attached hydrogens (primary N) is 1. The molecule has 0 aliphatic heterocycles. The minimum Gasteiger partial charge on any atom is -0.326 e. The molecular weight excluding hydrogens is 224 g/mol. The number of anilines is 1. The zero-order valence-corrected chi connectivity index (χ0v) is 11.0. The molecule has 1 fully saturated rings. The van der Waals surface area contributed by atoms with Crippen LogP contribution >= 0.6 is 0 Å². The Morgan fingerprint density at radius 2 is 2.06 bits per heavy atom. The fourth-order valence-corrected chi connectivity index (χ4v) is 2.51. The summed E-state index contributed by atoms with van der Waals surface area (Å²) in [6.07, 6.45) is 5.68. The SMILES string of the molecule is CC(N)c1cccc(NC(=O)C2CCCCC2)c1. The van der Waals surface area contributed by atoms with Gasteiger partial charge in [-0.1, -0.05) is 31.4 Å². The predicted molar refractivity (Wildman–Crippen MR) is 74.2 cm³/mol. The van der Waals surface area contributed by atoms with Crippen LogP contribution in [0.4, 0.5) is 5.69 Å². The Morgan fingerprint density at radius 3 is 2.72 bits per heavy atom. The Hall–Kier alpha value is -1.35. The maximum Gasteiger partial charge on any atom is 0.227 e. The summed E-state index contributed by atoms with van der Waals surface area (Å²) in [7, 11) is 0. The van der Waals surface area contributed by atoms with Gasteiger partial charge in [0, 0.05) is 17.6 Å². The normalized spacial score (nSPS) is 18.3. The van der Waals surface area contributed by atoms with Crippen LogP contribution in [0.2, 0.25) is 0 Å². The van der Waals surface area contributed by atoms with Gasteiger partial charge in [-0.3, -0.25) is 4.79 Å². The lowest BCUT2D eigenvalue weighted by Crippen LogP contribution is -2.24. The van der Waals surface area contributed by atoms with Gasteiger partial charge in [-0.25, -0.2) is 0 Å². The van der Waals surface area contributed by atoms with E-state index in [4.69, 9.17) is 5.73 Å². The molecular formula is C15H22N2O. The van der Waals surface area contributed by atoms with Crippen LogP contribution in [0, 0.1) is 5.92 Å². The third kappa shape index (κ3) is 3.33. The minimum absolute atomic E-state index is 0.00321. The van der Waals surface area contributed by atoms with Crippen LogP contribution in [0.5, 0.6) is 0 Å². The van der Waals surface area contributed by atoms with Crippen molar-refractivity contribution >= 4 is 11.6 Å². The van der Waals surface area contributed by atoms with Crippen molar-refractivity contribution in [2.45, 2.75) is 45.1 Å². The quantitative estimate of drug-likeness (QED) is 0.860. The zero-order chi connectivity index (χ0) is 13.0. The van der Waals surface area contributed by atoms with Crippen molar-refractivity contribution in [3.05, 3.63) is 29.8 Å². The Bertz CT molecular complexity index is 409. The molecule has 2 rings (SSSR count). The largest absolute Gasteiger partial charge is 0.326 e. The first kappa shape index (κ1) is 13.1. The highest BCUT2D eigenvalue weighted by Crippen LogP contribution is 2.25. The van der Waals surface area contributed by atoms with Crippen molar-refractivity contribution in [3.8, 4) is 0 Å². The molecule has 0 radical (unpaired) electrons. The van der Waals surface area contributed by atoms with Crippen molar-refractivity contribution < 1.29 is 4.79 Å². The number of hydrogen-bond acceptors (Lipinski definition) is 2. The molecule has 0 saturated heterocycles. The van der Waals surface area contributed by atoms with Gasteiger partial charge in [-0.15, -0.1) is 0 Å². The van der Waals surface area contributed by atoms with Crippen molar-refractivity contribution in [2.24, 2.45) is 11.7 Å². The van der Waals surface area contributed by atoms with Gasteiger partial charge < -0.3 is 11.1 Å². The predicted octanol–water partition coefficient (Wildman–Crippen LogP) is 3.23. The van der Waals surface area contributed by atoms with Crippen LogP contribution in [0.15, 0.2) is 24.3 Å². The lowest BCUT2D eigenvalue weighted by atomic mass is 9.88. The second-order valence-corrected chi connectivity index (χ2v) is 5.24. The van der Waals surface area contributed by atoms with Crippen molar-refractivity contribution in [2.75, 3.05) is 5.32 Å². The van der Waals surface area contributed by atoms with E-state index in [2.05, 4.69) is 5.32 Å². The van der Waals surface area contributed by atoms with E-state index in [1.807, 2.05) is 31.2 Å². The summed E-state index contributed by atoms with van der Waals surface area (Å²) in [6.45, 7) is 1.95. The minimum atomic E-state index is -0.00321. The van der Waals surface area contributed by atoms with Gasteiger partial charge in [0.2, 0.25) is 5.91 Å². The van der Waals surface area contributed by atoms with Gasteiger partial charge in [-0.2, -0.15) is 0 Å². The van der Waals surface area contributed by atoms with Gasteiger partial charge in [0.25, 0.3) is 0 Å². The van der Waals surface area contributed by atoms with E-state index in [1.54, 1.807) is 0 Å². The van der Waals surface area contributed by atoms with Crippen molar-refractivity contribution in [1.29, 1.82) is 0 Å². The van der Waals surface area contributed by atoms with Gasteiger partial charge in [0.05, 0.1) is 0 Å². The second-order valence-electron chi connectivity index (χ2n) is 5.24. The Morgan fingerprint density at radius 1 is 1.33 bits per heavy atom. The van der Waals surface area contributed by atoms with E-state index in [0.717, 1.165) is 24.1 Å². The molecule has 0 bridgehead atoms. The molecule has 0 spiro atoms. The molecule has 98 valence electrons. The number of hydrogen-bond donors (Lipinski definition) is 2. The molecule has 1 amide bonds. The molecule has 1 aliphatic rings. The highest BCUT2D eigenvalue weighted by atomic mass is 16.1. The second kappa shape index (κ2) is 6.01. The highest BCUT2D eigenvalue weighted by Gasteiger charge is 2.21. The molecule has 0 aromatic heterocycles. The van der Waals surface area contributed by atoms with Gasteiger partial charge in [0.15, 0.2) is 0 Å². The smallest absolute Gasteiger partial charge is 0.227 e. The van der Waals surface area contributed by atoms with E-state index < -0.39 is 0 Å². The number of amides is 1. The number of carbonyl (C=O) groups excluding carboxylic acids is 1. The first-order valence-corrected chi connectivity index (χ1v) is 6.83. The Balaban J connectivity index is 1.99. The van der Waals surface area contributed by atoms with Crippen molar-refractivity contribution in [3.63, 3.8) is 0 Å². The fraction of sp³-hybridized carbons (Fsp3) is 0.533. The van der Waals surface area contributed by atoms with Gasteiger partial charge >= 0.3 is 0 Å². The third-order valence-electron chi connectivity index (χ3n) is 3.66. The van der Waals surface area contributed by atoms with Crippen LogP contribution in [0.25, 0.3) is 0 Å². The molecule has 3 heteroatoms. The fourth-order valence-electron chi connectivity index (χ4n) is 2.51. The third-order valence-corrected chi connectivity index (χ3v) is 3.66. The summed E-state index contributed by atoms with van der Waals surface area (Å²) in [5.74, 6) is 0.356. The lowest BCUT2D eigenvalue weighted by molar-refractivity contribution is -0.120. The molecule has 3 nitrogen and oxygen atoms in total. The lowest BCUT2D eigenvalue weighted by Gasteiger charge is -2.21. The van der Waals surface area contributed by atoms with Gasteiger partial charge in [-0.05, 0) is 37.5 Å². The summed E-state index contributed by atoms with van der Waals surface area (Å²) in [5.41, 5.74) is 7.76. The standard InChI is InChI=1S/C15H22N2O/c1-11(16)13-8-5-9-14(10-13)17-15(18)12-6-3-2-4-7-12/h5,8-12H,2-4,6-7,16H2,1H3,(H,17,18). The van der Waals surface area contributed by atoms with Crippen molar-refractivity contribution in [1.82, 2.24) is 0 Å². The molecule has 1 aliphatic carbocycles. The number of nitrogens with one attached hydrogen (secondary N) is 1. The van der Waals surface area contributed by atoms with Gasteiger partial charge in [0.1, 0.15) is 0 Å². The number of carbonyl (C=O) groups is 1. The first-order chi connectivity index (χ1) is 8.66. The molecule has 1 unspecified atom stereocenters. The molecule has 0 heterocycles. The molecule has 1 atom stereocenters. The van der Waals surface area contributed by atoms with Crippen LogP contribution in [-0.4, -0.2) is 5.91 Å². The Kier molecular flexibility index (Phi) is 4.37. The summed E-state index contributed by atoms with van der Waals surface area (Å²) >= 11 is 0. The van der Waals surface area contributed by atoms with Crippen LogP contribution in [0.3, 0.4) is 0 Å². The average Bonchev–Trinajstić information content (AvgIpc) is 2.40. The number of benzene rings is 1. The van der Waals surface area contributed by atoms with E-state index in [0.29, 0.717) is 0 Å². The zero-order valence-electron chi connectivity index (χ0n) is 11.0. The average molecular weight is 246 g/mol. The van der Waals surface area contributed by atoms with Crippen LogP contribution in [0.1, 0.15) is 50.6 Å². The monoisotopic (exact) mass is 246 g/mol. The van der Waals surface area contributed by atoms with Crippen LogP contribution in [-0.2, 0) is 4.79 Å².